The molecule has 0 aliphatic carbocycles. The molecule has 0 spiro atoms. The average molecular weight is 522 g/mol. The number of hydrogen-bond donors (Lipinski definition) is 1. The van der Waals surface area contributed by atoms with Crippen LogP contribution in [0.2, 0.25) is 0 Å². The molecule has 200 valence electrons. The Kier molecular flexibility index (Phi) is 8.33. The lowest BCUT2D eigenvalue weighted by Gasteiger charge is -2.28. The van der Waals surface area contributed by atoms with E-state index in [2.05, 4.69) is 40.2 Å². The predicted molar refractivity (Wildman–Crippen MR) is 145 cm³/mol. The fraction of sp³-hybridized carbons (Fsp3) is 0.467. The number of halogens is 3. The average Bonchev–Trinajstić information content (AvgIpc) is 3.21. The minimum atomic E-state index is -4.35. The summed E-state index contributed by atoms with van der Waals surface area (Å²) in [6.45, 7) is 5.02. The molecule has 0 amide bonds. The second kappa shape index (κ2) is 11.5. The Balaban J connectivity index is 1.47. The molecule has 0 unspecified atom stereocenters. The second-order valence-corrected chi connectivity index (χ2v) is 10.7. The van der Waals surface area contributed by atoms with Gasteiger partial charge in [-0.25, -0.2) is 0 Å². The Hall–Kier alpha value is -3.49. The maximum absolute atomic E-state index is 13.4. The smallest absolute Gasteiger partial charge is 0.373 e. The van der Waals surface area contributed by atoms with Crippen molar-refractivity contribution in [1.82, 2.24) is 14.5 Å². The Labute approximate surface area is 222 Å². The number of nitriles is 1. The number of anilines is 1. The molecule has 0 atom stereocenters. The number of fused-ring (bicyclic) bond motifs is 1. The van der Waals surface area contributed by atoms with Crippen LogP contribution in [-0.4, -0.2) is 47.3 Å². The highest BCUT2D eigenvalue weighted by Gasteiger charge is 2.29. The van der Waals surface area contributed by atoms with Crippen molar-refractivity contribution < 1.29 is 13.2 Å². The van der Waals surface area contributed by atoms with Gasteiger partial charge in [-0.15, -0.1) is 0 Å². The molecule has 0 saturated carbocycles. The highest BCUT2D eigenvalue weighted by atomic mass is 19.4. The van der Waals surface area contributed by atoms with Crippen LogP contribution in [0.5, 0.6) is 0 Å². The van der Waals surface area contributed by atoms with Gasteiger partial charge in [0.25, 0.3) is 0 Å². The van der Waals surface area contributed by atoms with E-state index in [9.17, 15) is 18.4 Å². The summed E-state index contributed by atoms with van der Waals surface area (Å²) < 4.78 is 41.5. The Morgan fingerprint density at radius 1 is 1.11 bits per heavy atom. The van der Waals surface area contributed by atoms with Crippen molar-refractivity contribution in [2.45, 2.75) is 57.7 Å². The summed E-state index contributed by atoms with van der Waals surface area (Å²) in [6.07, 6.45) is 1.71. The first-order valence-corrected chi connectivity index (χ1v) is 13.0. The lowest BCUT2D eigenvalue weighted by Crippen LogP contribution is -2.30. The SMILES string of the molecule is CN1CCC(CCc2ccc3c(c2)cc(C#CCNc2ccc(C(C)(C)C#N)nc2)n3CC(F)(F)F)CC1. The number of benzene rings is 1. The highest BCUT2D eigenvalue weighted by Crippen LogP contribution is 2.28. The van der Waals surface area contributed by atoms with Crippen LogP contribution in [-0.2, 0) is 18.4 Å². The van der Waals surface area contributed by atoms with Gasteiger partial charge >= 0.3 is 6.18 Å². The first kappa shape index (κ1) is 27.5. The zero-order chi connectivity index (χ0) is 27.3. The van der Waals surface area contributed by atoms with E-state index >= 15 is 0 Å². The molecule has 5 nitrogen and oxygen atoms in total. The molecular formula is C30H34F3N5. The van der Waals surface area contributed by atoms with Crippen molar-refractivity contribution in [1.29, 1.82) is 5.26 Å². The van der Waals surface area contributed by atoms with E-state index in [0.29, 0.717) is 22.8 Å². The predicted octanol–water partition coefficient (Wildman–Crippen LogP) is 6.14. The van der Waals surface area contributed by atoms with Crippen molar-refractivity contribution in [3.05, 3.63) is 59.5 Å². The van der Waals surface area contributed by atoms with Gasteiger partial charge < -0.3 is 14.8 Å². The van der Waals surface area contributed by atoms with E-state index in [0.717, 1.165) is 42.6 Å². The zero-order valence-corrected chi connectivity index (χ0v) is 22.2. The maximum atomic E-state index is 13.4. The summed E-state index contributed by atoms with van der Waals surface area (Å²) in [7, 11) is 2.15. The van der Waals surface area contributed by atoms with Gasteiger partial charge in [-0.05, 0) is 107 Å². The summed E-state index contributed by atoms with van der Waals surface area (Å²) in [5.74, 6) is 6.58. The van der Waals surface area contributed by atoms with Crippen LogP contribution in [0, 0.1) is 29.1 Å². The van der Waals surface area contributed by atoms with Gasteiger partial charge in [-0.3, -0.25) is 4.98 Å². The van der Waals surface area contributed by atoms with Crippen LogP contribution in [0.25, 0.3) is 10.9 Å². The van der Waals surface area contributed by atoms with Crippen LogP contribution in [0.3, 0.4) is 0 Å². The molecule has 2 aromatic heterocycles. The molecule has 8 heteroatoms. The highest BCUT2D eigenvalue weighted by molar-refractivity contribution is 5.83. The number of hydrogen-bond acceptors (Lipinski definition) is 4. The van der Waals surface area contributed by atoms with E-state index in [-0.39, 0.29) is 6.54 Å². The van der Waals surface area contributed by atoms with Gasteiger partial charge in [-0.2, -0.15) is 18.4 Å². The molecule has 1 N–H and O–H groups in total. The number of piperidine rings is 1. The number of alkyl halides is 3. The van der Waals surface area contributed by atoms with Crippen molar-refractivity contribution >= 4 is 16.6 Å². The van der Waals surface area contributed by atoms with Crippen molar-refractivity contribution in [2.24, 2.45) is 5.92 Å². The molecule has 38 heavy (non-hydrogen) atoms. The molecule has 3 aromatic rings. The standard InChI is InChI=1S/C30H34F3N5/c1-29(2,20-34)28-11-9-25(19-36-28)35-14-4-5-26-18-24-17-23(7-6-22-12-15-37(3)16-13-22)8-10-27(24)38(26)21-30(31,32)33/h8-11,17-19,22,35H,6-7,12-16,21H2,1-3H3. The number of rotatable bonds is 7. The van der Waals surface area contributed by atoms with Crippen LogP contribution in [0.1, 0.15) is 50.1 Å². The first-order chi connectivity index (χ1) is 18.0. The maximum Gasteiger partial charge on any atom is 0.406 e. The van der Waals surface area contributed by atoms with Gasteiger partial charge in [0, 0.05) is 10.9 Å². The van der Waals surface area contributed by atoms with E-state index in [1.165, 1.54) is 17.4 Å². The molecule has 1 fully saturated rings. The first-order valence-electron chi connectivity index (χ1n) is 13.0. The zero-order valence-electron chi connectivity index (χ0n) is 22.2. The van der Waals surface area contributed by atoms with Gasteiger partial charge in [0.2, 0.25) is 0 Å². The summed E-state index contributed by atoms with van der Waals surface area (Å²) in [5, 5.41) is 13.2. The second-order valence-electron chi connectivity index (χ2n) is 10.7. The lowest BCUT2D eigenvalue weighted by molar-refractivity contribution is -0.140. The number of nitrogens with one attached hydrogen (secondary N) is 1. The van der Waals surface area contributed by atoms with Gasteiger partial charge in [-0.1, -0.05) is 12.0 Å². The van der Waals surface area contributed by atoms with Crippen molar-refractivity contribution in [3.8, 4) is 17.9 Å². The molecule has 4 rings (SSSR count). The fourth-order valence-corrected chi connectivity index (χ4v) is 4.86. The number of pyridine rings is 1. The van der Waals surface area contributed by atoms with Crippen molar-refractivity contribution in [3.63, 3.8) is 0 Å². The molecule has 1 aliphatic heterocycles. The van der Waals surface area contributed by atoms with Gasteiger partial charge in [0.1, 0.15) is 6.54 Å². The Bertz CT molecular complexity index is 1350. The topological polar surface area (TPSA) is 56.9 Å². The number of aryl methyl sites for hydroxylation is 1. The van der Waals surface area contributed by atoms with Gasteiger partial charge in [0.05, 0.1) is 41.3 Å². The van der Waals surface area contributed by atoms with E-state index in [1.54, 1.807) is 38.2 Å². The fourth-order valence-electron chi connectivity index (χ4n) is 4.86. The van der Waals surface area contributed by atoms with Crippen LogP contribution in [0.15, 0.2) is 42.6 Å². The minimum absolute atomic E-state index is 0.248. The van der Waals surface area contributed by atoms with Gasteiger partial charge in [0.15, 0.2) is 0 Å². The summed E-state index contributed by atoms with van der Waals surface area (Å²) in [5.41, 5.74) is 2.74. The van der Waals surface area contributed by atoms with E-state index < -0.39 is 18.1 Å². The monoisotopic (exact) mass is 521 g/mol. The largest absolute Gasteiger partial charge is 0.406 e. The molecule has 0 bridgehead atoms. The number of likely N-dealkylation sites (tertiary alicyclic amines) is 1. The molecule has 1 aromatic carbocycles. The minimum Gasteiger partial charge on any atom is -0.373 e. The molecule has 1 saturated heterocycles. The van der Waals surface area contributed by atoms with Crippen LogP contribution in [0.4, 0.5) is 18.9 Å². The van der Waals surface area contributed by atoms with Crippen LogP contribution < -0.4 is 5.32 Å². The molecule has 1 aliphatic rings. The number of nitrogens with zero attached hydrogens (tertiary/aromatic N) is 4. The molecule has 0 radical (unpaired) electrons. The Morgan fingerprint density at radius 3 is 2.53 bits per heavy atom. The van der Waals surface area contributed by atoms with Crippen LogP contribution >= 0.6 is 0 Å². The third kappa shape index (κ3) is 7.08. The Morgan fingerprint density at radius 2 is 1.87 bits per heavy atom. The lowest BCUT2D eigenvalue weighted by atomic mass is 9.90. The van der Waals surface area contributed by atoms with E-state index in [4.69, 9.17) is 0 Å². The third-order valence-corrected chi connectivity index (χ3v) is 7.26. The van der Waals surface area contributed by atoms with E-state index in [1.807, 2.05) is 18.2 Å². The van der Waals surface area contributed by atoms with Crippen molar-refractivity contribution in [2.75, 3.05) is 32.0 Å². The molecular weight excluding hydrogens is 487 g/mol. The summed E-state index contributed by atoms with van der Waals surface area (Å²) in [6, 6.07) is 13.3. The number of aromatic nitrogens is 2. The molecule has 3 heterocycles. The summed E-state index contributed by atoms with van der Waals surface area (Å²) >= 11 is 0. The summed E-state index contributed by atoms with van der Waals surface area (Å²) in [4.78, 5) is 6.69. The third-order valence-electron chi connectivity index (χ3n) is 7.26. The normalized spacial score (nSPS) is 15.2. The quantitative estimate of drug-likeness (QED) is 0.380.